The Morgan fingerprint density at radius 3 is 2.52 bits per heavy atom. The molecule has 1 saturated heterocycles. The van der Waals surface area contributed by atoms with Crippen LogP contribution < -0.4 is 10.6 Å². The predicted molar refractivity (Wildman–Crippen MR) is 69.1 cm³/mol. The molecule has 0 aromatic heterocycles. The van der Waals surface area contributed by atoms with Crippen LogP contribution in [0.15, 0.2) is 23.1 Å². The minimum Gasteiger partial charge on any atom is -0.369 e. The van der Waals surface area contributed by atoms with Gasteiger partial charge in [0.15, 0.2) is 0 Å². The Labute approximate surface area is 119 Å². The van der Waals surface area contributed by atoms with Gasteiger partial charge in [-0.1, -0.05) is 0 Å². The number of nitrogens with two attached hydrogens (primary N) is 1. The van der Waals surface area contributed by atoms with Gasteiger partial charge in [-0.2, -0.15) is 13.2 Å². The highest BCUT2D eigenvalue weighted by Gasteiger charge is 2.48. The molecule has 9 heteroatoms. The Morgan fingerprint density at radius 2 is 1.95 bits per heavy atom. The van der Waals surface area contributed by atoms with E-state index in [4.69, 9.17) is 5.73 Å². The molecule has 2 rings (SSSR count). The molecule has 118 valence electrons. The molecule has 0 amide bonds. The van der Waals surface area contributed by atoms with Crippen molar-refractivity contribution in [3.05, 3.63) is 24.0 Å². The number of alkyl halides is 3. The van der Waals surface area contributed by atoms with E-state index >= 15 is 0 Å². The van der Waals surface area contributed by atoms with Crippen LogP contribution in [0.1, 0.15) is 12.8 Å². The molecule has 0 unspecified atom stereocenters. The molecular weight excluding hydrogens is 312 g/mol. The van der Waals surface area contributed by atoms with Gasteiger partial charge >= 0.3 is 5.51 Å². The second kappa shape index (κ2) is 5.45. The average molecular weight is 326 g/mol. The average Bonchev–Trinajstić information content (AvgIpc) is 2.37. The fraction of sp³-hybridized carbons (Fsp3) is 0.500. The van der Waals surface area contributed by atoms with Gasteiger partial charge in [0.1, 0.15) is 10.7 Å². The van der Waals surface area contributed by atoms with E-state index in [9.17, 15) is 26.0 Å². The Hall–Kier alpha value is -1.35. The lowest BCUT2D eigenvalue weighted by Crippen LogP contribution is -2.43. The molecular formula is C12H14F4N2O2S. The molecule has 1 fully saturated rings. The van der Waals surface area contributed by atoms with E-state index in [1.165, 1.54) is 4.90 Å². The molecule has 0 aliphatic carbocycles. The van der Waals surface area contributed by atoms with E-state index in [0.29, 0.717) is 25.5 Å². The van der Waals surface area contributed by atoms with Crippen molar-refractivity contribution >= 4 is 15.5 Å². The second-order valence-corrected chi connectivity index (χ2v) is 6.82. The summed E-state index contributed by atoms with van der Waals surface area (Å²) in [5, 5.41) is 0. The number of anilines is 1. The SMILES string of the molecule is N[C@@H]1CCCN(c2ccc(F)cc2S(=O)(=O)C(F)(F)F)C1. The van der Waals surface area contributed by atoms with Crippen LogP contribution in [-0.4, -0.2) is 33.1 Å². The first-order valence-electron chi connectivity index (χ1n) is 6.24. The number of hydrogen-bond donors (Lipinski definition) is 1. The molecule has 0 spiro atoms. The van der Waals surface area contributed by atoms with E-state index in [1.807, 2.05) is 0 Å². The van der Waals surface area contributed by atoms with Crippen LogP contribution in [0.2, 0.25) is 0 Å². The van der Waals surface area contributed by atoms with Crippen LogP contribution in [0.25, 0.3) is 0 Å². The van der Waals surface area contributed by atoms with Crippen molar-refractivity contribution in [2.24, 2.45) is 5.73 Å². The first-order chi connectivity index (χ1) is 9.63. The van der Waals surface area contributed by atoms with Crippen molar-refractivity contribution in [3.63, 3.8) is 0 Å². The van der Waals surface area contributed by atoms with Crippen LogP contribution in [0, 0.1) is 5.82 Å². The van der Waals surface area contributed by atoms with Crippen LogP contribution >= 0.6 is 0 Å². The first kappa shape index (κ1) is 16.0. The number of halogens is 4. The van der Waals surface area contributed by atoms with Crippen LogP contribution in [0.3, 0.4) is 0 Å². The highest BCUT2D eigenvalue weighted by Crippen LogP contribution is 2.37. The molecule has 1 aromatic rings. The maximum absolute atomic E-state index is 13.2. The summed E-state index contributed by atoms with van der Waals surface area (Å²) in [5.74, 6) is -1.04. The zero-order chi connectivity index (χ0) is 15.8. The van der Waals surface area contributed by atoms with Crippen molar-refractivity contribution in [2.75, 3.05) is 18.0 Å². The van der Waals surface area contributed by atoms with Crippen molar-refractivity contribution in [3.8, 4) is 0 Å². The molecule has 1 aliphatic heterocycles. The monoisotopic (exact) mass is 326 g/mol. The fourth-order valence-electron chi connectivity index (χ4n) is 2.32. The number of sulfone groups is 1. The molecule has 1 aromatic carbocycles. The Bertz CT molecular complexity index is 631. The maximum Gasteiger partial charge on any atom is 0.501 e. The van der Waals surface area contributed by atoms with Crippen molar-refractivity contribution < 1.29 is 26.0 Å². The summed E-state index contributed by atoms with van der Waals surface area (Å²) >= 11 is 0. The van der Waals surface area contributed by atoms with Gasteiger partial charge in [0.25, 0.3) is 9.84 Å². The highest BCUT2D eigenvalue weighted by molar-refractivity contribution is 7.92. The van der Waals surface area contributed by atoms with Gasteiger partial charge in [-0.05, 0) is 31.0 Å². The first-order valence-corrected chi connectivity index (χ1v) is 7.72. The van der Waals surface area contributed by atoms with Crippen molar-refractivity contribution in [1.29, 1.82) is 0 Å². The number of piperidine rings is 1. The summed E-state index contributed by atoms with van der Waals surface area (Å²) < 4.78 is 74.6. The van der Waals surface area contributed by atoms with Gasteiger partial charge < -0.3 is 10.6 Å². The lowest BCUT2D eigenvalue weighted by molar-refractivity contribution is -0.0435. The summed E-state index contributed by atoms with van der Waals surface area (Å²) in [6, 6.07) is 2.13. The summed E-state index contributed by atoms with van der Waals surface area (Å²) in [4.78, 5) is 0.385. The minimum absolute atomic E-state index is 0.163. The van der Waals surface area contributed by atoms with E-state index in [1.54, 1.807) is 0 Å². The van der Waals surface area contributed by atoms with E-state index in [0.717, 1.165) is 12.1 Å². The summed E-state index contributed by atoms with van der Waals surface area (Å²) in [6.07, 6.45) is 1.34. The third-order valence-electron chi connectivity index (χ3n) is 3.31. The molecule has 1 atom stereocenters. The Balaban J connectivity index is 2.53. The molecule has 1 aliphatic rings. The zero-order valence-corrected chi connectivity index (χ0v) is 11.7. The summed E-state index contributed by atoms with van der Waals surface area (Å²) in [6.45, 7) is 0.603. The van der Waals surface area contributed by atoms with Crippen LogP contribution in [0.5, 0.6) is 0 Å². The van der Waals surface area contributed by atoms with Gasteiger partial charge in [0.05, 0.1) is 5.69 Å². The standard InChI is InChI=1S/C12H14F4N2O2S/c13-8-3-4-10(18-5-1-2-9(17)7-18)11(6-8)21(19,20)12(14,15)16/h3-4,6,9H,1-2,5,7,17H2/t9-/m1/s1. The number of hydrogen-bond acceptors (Lipinski definition) is 4. The van der Waals surface area contributed by atoms with Gasteiger partial charge in [-0.3, -0.25) is 0 Å². The third kappa shape index (κ3) is 3.13. The number of nitrogens with zero attached hydrogens (tertiary/aromatic N) is 1. The molecule has 0 bridgehead atoms. The molecule has 0 radical (unpaired) electrons. The number of benzene rings is 1. The Kier molecular flexibility index (Phi) is 4.16. The predicted octanol–water partition coefficient (Wildman–Crippen LogP) is 2.05. The van der Waals surface area contributed by atoms with Crippen LogP contribution in [0.4, 0.5) is 23.2 Å². The third-order valence-corrected chi connectivity index (χ3v) is 4.83. The van der Waals surface area contributed by atoms with Gasteiger partial charge in [0.2, 0.25) is 0 Å². The molecule has 0 saturated carbocycles. The quantitative estimate of drug-likeness (QED) is 0.845. The topological polar surface area (TPSA) is 63.4 Å². The highest BCUT2D eigenvalue weighted by atomic mass is 32.2. The Morgan fingerprint density at radius 1 is 1.29 bits per heavy atom. The lowest BCUT2D eigenvalue weighted by Gasteiger charge is -2.33. The van der Waals surface area contributed by atoms with Gasteiger partial charge in [-0.15, -0.1) is 0 Å². The normalized spacial score (nSPS) is 20.6. The van der Waals surface area contributed by atoms with Crippen LogP contribution in [-0.2, 0) is 9.84 Å². The molecule has 4 nitrogen and oxygen atoms in total. The number of rotatable bonds is 2. The summed E-state index contributed by atoms with van der Waals surface area (Å²) in [7, 11) is -5.62. The maximum atomic E-state index is 13.2. The van der Waals surface area contributed by atoms with Crippen molar-refractivity contribution in [2.45, 2.75) is 29.3 Å². The van der Waals surface area contributed by atoms with E-state index in [-0.39, 0.29) is 18.3 Å². The lowest BCUT2D eigenvalue weighted by atomic mass is 10.1. The van der Waals surface area contributed by atoms with Crippen molar-refractivity contribution in [1.82, 2.24) is 0 Å². The molecule has 1 heterocycles. The minimum atomic E-state index is -5.62. The largest absolute Gasteiger partial charge is 0.501 e. The molecule has 2 N–H and O–H groups in total. The zero-order valence-electron chi connectivity index (χ0n) is 10.9. The fourth-order valence-corrected chi connectivity index (χ4v) is 3.31. The van der Waals surface area contributed by atoms with E-state index in [2.05, 4.69) is 0 Å². The van der Waals surface area contributed by atoms with Gasteiger partial charge in [0, 0.05) is 19.1 Å². The molecule has 21 heavy (non-hydrogen) atoms. The smallest absolute Gasteiger partial charge is 0.369 e. The second-order valence-electron chi connectivity index (χ2n) is 4.91. The van der Waals surface area contributed by atoms with E-state index < -0.39 is 26.1 Å². The summed E-state index contributed by atoms with van der Waals surface area (Å²) in [5.41, 5.74) is 0.108. The van der Waals surface area contributed by atoms with Gasteiger partial charge in [-0.25, -0.2) is 12.8 Å².